The Morgan fingerprint density at radius 2 is 2.24 bits per heavy atom. The monoisotopic (exact) mass is 308 g/mol. The highest BCUT2D eigenvalue weighted by Gasteiger charge is 2.16. The Hall–Kier alpha value is -1.89. The van der Waals surface area contributed by atoms with Crippen LogP contribution < -0.4 is 10.6 Å². The molecule has 2 aromatic heterocycles. The standard InChI is InChI=1S/C14H20N4O2S/c1-5-15-14-17-9(4)12(21-14)13(19)16-7-10-6-11(8(2)3)20-18-10/h6,8H,5,7H2,1-4H3,(H,15,17)(H,16,19). The van der Waals surface area contributed by atoms with Gasteiger partial charge in [0.25, 0.3) is 5.91 Å². The number of nitrogens with one attached hydrogen (secondary N) is 2. The zero-order valence-electron chi connectivity index (χ0n) is 12.7. The zero-order valence-corrected chi connectivity index (χ0v) is 13.5. The third-order valence-corrected chi connectivity index (χ3v) is 4.02. The minimum atomic E-state index is -0.136. The molecule has 0 fully saturated rings. The van der Waals surface area contributed by atoms with Gasteiger partial charge in [-0.05, 0) is 13.8 Å². The van der Waals surface area contributed by atoms with Crippen LogP contribution in [0.2, 0.25) is 0 Å². The largest absolute Gasteiger partial charge is 0.362 e. The molecule has 114 valence electrons. The van der Waals surface area contributed by atoms with Crippen molar-refractivity contribution in [2.75, 3.05) is 11.9 Å². The first-order valence-corrected chi connectivity index (χ1v) is 7.77. The van der Waals surface area contributed by atoms with Gasteiger partial charge in [-0.25, -0.2) is 4.98 Å². The normalized spacial score (nSPS) is 10.9. The molecule has 0 saturated carbocycles. The van der Waals surface area contributed by atoms with Crippen molar-refractivity contribution in [3.05, 3.63) is 28.1 Å². The van der Waals surface area contributed by atoms with Crippen LogP contribution in [0.1, 0.15) is 53.5 Å². The number of anilines is 1. The third kappa shape index (κ3) is 3.81. The maximum atomic E-state index is 12.2. The van der Waals surface area contributed by atoms with Crippen LogP contribution in [0.4, 0.5) is 5.13 Å². The quantitative estimate of drug-likeness (QED) is 0.857. The van der Waals surface area contributed by atoms with Crippen LogP contribution in [-0.4, -0.2) is 22.6 Å². The molecular formula is C14H20N4O2S. The topological polar surface area (TPSA) is 80.0 Å². The predicted octanol–water partition coefficient (Wildman–Crippen LogP) is 2.92. The highest BCUT2D eigenvalue weighted by atomic mass is 32.1. The molecule has 2 rings (SSSR count). The van der Waals surface area contributed by atoms with Crippen LogP contribution in [0, 0.1) is 6.92 Å². The number of hydrogen-bond donors (Lipinski definition) is 2. The van der Waals surface area contributed by atoms with Gasteiger partial charge in [-0.2, -0.15) is 0 Å². The Labute approximate surface area is 127 Å². The molecule has 0 aromatic carbocycles. The Balaban J connectivity index is 1.97. The second kappa shape index (κ2) is 6.71. The van der Waals surface area contributed by atoms with Gasteiger partial charge in [-0.1, -0.05) is 30.3 Å². The molecule has 0 bridgehead atoms. The molecule has 0 aliphatic carbocycles. The van der Waals surface area contributed by atoms with Gasteiger partial charge in [-0.3, -0.25) is 4.79 Å². The summed E-state index contributed by atoms with van der Waals surface area (Å²) in [4.78, 5) is 17.1. The van der Waals surface area contributed by atoms with Crippen LogP contribution in [0.15, 0.2) is 10.6 Å². The van der Waals surface area contributed by atoms with E-state index < -0.39 is 0 Å². The molecule has 2 aromatic rings. The second-order valence-electron chi connectivity index (χ2n) is 5.02. The van der Waals surface area contributed by atoms with Crippen molar-refractivity contribution < 1.29 is 9.32 Å². The molecule has 0 radical (unpaired) electrons. The van der Waals surface area contributed by atoms with E-state index in [4.69, 9.17) is 4.52 Å². The van der Waals surface area contributed by atoms with Gasteiger partial charge in [0.15, 0.2) is 5.13 Å². The van der Waals surface area contributed by atoms with Crippen molar-refractivity contribution in [3.63, 3.8) is 0 Å². The number of carbonyl (C=O) groups excluding carboxylic acids is 1. The number of aryl methyl sites for hydroxylation is 1. The first-order valence-electron chi connectivity index (χ1n) is 6.96. The van der Waals surface area contributed by atoms with Crippen LogP contribution in [0.25, 0.3) is 0 Å². The Bertz CT molecular complexity index is 618. The van der Waals surface area contributed by atoms with Gasteiger partial charge >= 0.3 is 0 Å². The number of nitrogens with zero attached hydrogens (tertiary/aromatic N) is 2. The molecule has 2 N–H and O–H groups in total. The average molecular weight is 308 g/mol. The van der Waals surface area contributed by atoms with E-state index in [1.807, 2.05) is 33.8 Å². The maximum Gasteiger partial charge on any atom is 0.263 e. The summed E-state index contributed by atoms with van der Waals surface area (Å²) in [6.07, 6.45) is 0. The molecule has 6 nitrogen and oxygen atoms in total. The van der Waals surface area contributed by atoms with E-state index in [1.165, 1.54) is 11.3 Å². The minimum absolute atomic E-state index is 0.136. The van der Waals surface area contributed by atoms with Gasteiger partial charge < -0.3 is 15.2 Å². The lowest BCUT2D eigenvalue weighted by Gasteiger charge is -2.00. The average Bonchev–Trinajstić information content (AvgIpc) is 3.03. The van der Waals surface area contributed by atoms with Crippen molar-refractivity contribution in [1.29, 1.82) is 0 Å². The lowest BCUT2D eigenvalue weighted by molar-refractivity contribution is 0.0953. The molecule has 21 heavy (non-hydrogen) atoms. The van der Waals surface area contributed by atoms with E-state index in [1.54, 1.807) is 0 Å². The number of carbonyl (C=O) groups is 1. The van der Waals surface area contributed by atoms with Crippen molar-refractivity contribution in [1.82, 2.24) is 15.5 Å². The number of aromatic nitrogens is 2. The molecule has 0 saturated heterocycles. The number of thiazole rings is 1. The number of amides is 1. The summed E-state index contributed by atoms with van der Waals surface area (Å²) in [6, 6.07) is 1.87. The number of hydrogen-bond acceptors (Lipinski definition) is 6. The summed E-state index contributed by atoms with van der Waals surface area (Å²) >= 11 is 1.36. The zero-order chi connectivity index (χ0) is 15.4. The summed E-state index contributed by atoms with van der Waals surface area (Å²) < 4.78 is 5.20. The molecule has 0 aliphatic rings. The minimum Gasteiger partial charge on any atom is -0.362 e. The van der Waals surface area contributed by atoms with Crippen molar-refractivity contribution in [2.45, 2.75) is 40.2 Å². The Morgan fingerprint density at radius 1 is 1.48 bits per heavy atom. The van der Waals surface area contributed by atoms with Crippen LogP contribution in [0.5, 0.6) is 0 Å². The molecule has 0 aliphatic heterocycles. The van der Waals surface area contributed by atoms with E-state index in [-0.39, 0.29) is 11.8 Å². The molecule has 0 atom stereocenters. The Kier molecular flexibility index (Phi) is 4.95. The van der Waals surface area contributed by atoms with Crippen molar-refractivity contribution >= 4 is 22.4 Å². The van der Waals surface area contributed by atoms with Crippen molar-refractivity contribution in [2.24, 2.45) is 0 Å². The van der Waals surface area contributed by atoms with Gasteiger partial charge in [0.2, 0.25) is 0 Å². The smallest absolute Gasteiger partial charge is 0.263 e. The molecule has 1 amide bonds. The van der Waals surface area contributed by atoms with E-state index in [2.05, 4.69) is 20.8 Å². The highest BCUT2D eigenvalue weighted by Crippen LogP contribution is 2.22. The second-order valence-corrected chi connectivity index (χ2v) is 6.02. The van der Waals surface area contributed by atoms with E-state index in [0.717, 1.165) is 28.8 Å². The fraction of sp³-hybridized carbons (Fsp3) is 0.500. The van der Waals surface area contributed by atoms with E-state index in [0.29, 0.717) is 11.4 Å². The van der Waals surface area contributed by atoms with Crippen molar-refractivity contribution in [3.8, 4) is 0 Å². The summed E-state index contributed by atoms with van der Waals surface area (Å²) in [5.41, 5.74) is 1.46. The molecule has 0 spiro atoms. The Morgan fingerprint density at radius 3 is 2.86 bits per heavy atom. The predicted molar refractivity (Wildman–Crippen MR) is 82.8 cm³/mol. The lowest BCUT2D eigenvalue weighted by Crippen LogP contribution is -2.22. The first-order chi connectivity index (χ1) is 10.0. The van der Waals surface area contributed by atoms with Gasteiger partial charge in [0.1, 0.15) is 16.3 Å². The van der Waals surface area contributed by atoms with Gasteiger partial charge in [0, 0.05) is 18.5 Å². The third-order valence-electron chi connectivity index (χ3n) is 2.91. The van der Waals surface area contributed by atoms with Gasteiger partial charge in [0.05, 0.1) is 12.2 Å². The summed E-state index contributed by atoms with van der Waals surface area (Å²) in [6.45, 7) is 9.03. The SMILES string of the molecule is CCNc1nc(C)c(C(=O)NCc2cc(C(C)C)on2)s1. The molecule has 0 unspecified atom stereocenters. The first kappa shape index (κ1) is 15.5. The molecule has 2 heterocycles. The lowest BCUT2D eigenvalue weighted by atomic mass is 10.1. The van der Waals surface area contributed by atoms with E-state index in [9.17, 15) is 4.79 Å². The fourth-order valence-corrected chi connectivity index (χ4v) is 2.72. The van der Waals surface area contributed by atoms with E-state index >= 15 is 0 Å². The number of rotatable bonds is 6. The maximum absolute atomic E-state index is 12.2. The molecular weight excluding hydrogens is 288 g/mol. The molecule has 7 heteroatoms. The summed E-state index contributed by atoms with van der Waals surface area (Å²) in [5.74, 6) is 0.972. The summed E-state index contributed by atoms with van der Waals surface area (Å²) in [5, 5.41) is 10.7. The highest BCUT2D eigenvalue weighted by molar-refractivity contribution is 7.17. The van der Waals surface area contributed by atoms with Crippen LogP contribution in [0.3, 0.4) is 0 Å². The fourth-order valence-electron chi connectivity index (χ4n) is 1.77. The summed E-state index contributed by atoms with van der Waals surface area (Å²) in [7, 11) is 0. The van der Waals surface area contributed by atoms with Gasteiger partial charge in [-0.15, -0.1) is 0 Å². The van der Waals surface area contributed by atoms with Crippen LogP contribution >= 0.6 is 11.3 Å². The van der Waals surface area contributed by atoms with Crippen LogP contribution in [-0.2, 0) is 6.54 Å².